The molecule has 2 heterocycles. The molecule has 0 saturated heterocycles. The van der Waals surface area contributed by atoms with E-state index in [1.807, 2.05) is 0 Å². The highest BCUT2D eigenvalue weighted by atomic mass is 32.2. The molecule has 1 aliphatic rings. The Labute approximate surface area is 182 Å². The van der Waals surface area contributed by atoms with Gasteiger partial charge < -0.3 is 19.8 Å². The van der Waals surface area contributed by atoms with Gasteiger partial charge in [-0.3, -0.25) is 9.59 Å². The largest absolute Gasteiger partial charge is 0.497 e. The summed E-state index contributed by atoms with van der Waals surface area (Å²) in [6.45, 7) is 2.24. The zero-order valence-corrected chi connectivity index (χ0v) is 18.7. The minimum absolute atomic E-state index is 0.117. The molecule has 2 aromatic heterocycles. The van der Waals surface area contributed by atoms with Crippen molar-refractivity contribution in [2.24, 2.45) is 5.92 Å². The predicted octanol–water partition coefficient (Wildman–Crippen LogP) is 3.86. The van der Waals surface area contributed by atoms with Crippen LogP contribution in [-0.4, -0.2) is 35.8 Å². The third-order valence-corrected chi connectivity index (χ3v) is 7.19. The second kappa shape index (κ2) is 8.69. The molecule has 0 fully saturated rings. The number of anilines is 1. The minimum atomic E-state index is -0.217. The summed E-state index contributed by atoms with van der Waals surface area (Å²) < 4.78 is 10.5. The number of fused-ring (bicyclic) bond motifs is 3. The van der Waals surface area contributed by atoms with Crippen molar-refractivity contribution in [3.05, 3.63) is 39.0 Å². The minimum Gasteiger partial charge on any atom is -0.497 e. The van der Waals surface area contributed by atoms with E-state index in [2.05, 4.69) is 22.2 Å². The van der Waals surface area contributed by atoms with Crippen LogP contribution in [0, 0.1) is 5.92 Å². The molecule has 1 aliphatic carbocycles. The third kappa shape index (κ3) is 4.17. The Bertz CT molecular complexity index is 1160. The first-order chi connectivity index (χ1) is 14.5. The standard InChI is InChI=1S/C21H23N3O4S2/c1-11-4-6-13-16(8-11)30-20-18(13)19(26)23-21(24-20)29-10-17(25)22-14-7-5-12(27-2)9-15(14)28-3/h5,7,9,11H,4,6,8,10H2,1-3H3,(H,22,25)(H,23,24,26). The Kier molecular flexibility index (Phi) is 6.01. The molecule has 0 spiro atoms. The van der Waals surface area contributed by atoms with Crippen LogP contribution in [0.1, 0.15) is 23.8 Å². The van der Waals surface area contributed by atoms with Gasteiger partial charge >= 0.3 is 0 Å². The molecule has 3 aromatic rings. The quantitative estimate of drug-likeness (QED) is 0.442. The van der Waals surface area contributed by atoms with Gasteiger partial charge in [0.25, 0.3) is 5.56 Å². The molecule has 1 amide bonds. The van der Waals surface area contributed by atoms with E-state index in [-0.39, 0.29) is 17.2 Å². The molecular formula is C21H23N3O4S2. The lowest BCUT2D eigenvalue weighted by Gasteiger charge is -2.17. The van der Waals surface area contributed by atoms with Gasteiger partial charge in [0, 0.05) is 10.9 Å². The van der Waals surface area contributed by atoms with E-state index in [4.69, 9.17) is 9.47 Å². The summed E-state index contributed by atoms with van der Waals surface area (Å²) in [5.41, 5.74) is 1.59. The van der Waals surface area contributed by atoms with Crippen LogP contribution in [0.2, 0.25) is 0 Å². The fraction of sp³-hybridized carbons (Fsp3) is 0.381. The summed E-state index contributed by atoms with van der Waals surface area (Å²) in [4.78, 5) is 34.6. The van der Waals surface area contributed by atoms with Crippen molar-refractivity contribution in [2.75, 3.05) is 25.3 Å². The van der Waals surface area contributed by atoms with Gasteiger partial charge in [-0.1, -0.05) is 18.7 Å². The number of H-pyrrole nitrogens is 1. The molecule has 0 aliphatic heterocycles. The lowest BCUT2D eigenvalue weighted by Crippen LogP contribution is -2.16. The van der Waals surface area contributed by atoms with Gasteiger partial charge in [0.2, 0.25) is 5.91 Å². The number of nitrogens with one attached hydrogen (secondary N) is 2. The SMILES string of the molecule is COc1ccc(NC(=O)CSc2nc3sc4c(c3c(=O)[nH]2)CCC(C)C4)c(OC)c1. The molecule has 30 heavy (non-hydrogen) atoms. The van der Waals surface area contributed by atoms with E-state index in [1.54, 1.807) is 36.6 Å². The molecule has 1 aromatic carbocycles. The van der Waals surface area contributed by atoms with Crippen molar-refractivity contribution in [2.45, 2.75) is 31.3 Å². The highest BCUT2D eigenvalue weighted by Gasteiger charge is 2.23. The number of carbonyl (C=O) groups is 1. The number of aryl methyl sites for hydroxylation is 1. The van der Waals surface area contributed by atoms with Crippen molar-refractivity contribution in [1.82, 2.24) is 9.97 Å². The number of aromatic nitrogens is 2. The number of carbonyl (C=O) groups excluding carboxylic acids is 1. The average Bonchev–Trinajstić information content (AvgIpc) is 3.10. The van der Waals surface area contributed by atoms with Crippen molar-refractivity contribution in [1.29, 1.82) is 0 Å². The number of hydrogen-bond acceptors (Lipinski definition) is 7. The number of aromatic amines is 1. The molecular weight excluding hydrogens is 422 g/mol. The van der Waals surface area contributed by atoms with E-state index < -0.39 is 0 Å². The maximum absolute atomic E-state index is 12.7. The molecule has 4 rings (SSSR count). The molecule has 0 bridgehead atoms. The molecule has 9 heteroatoms. The number of methoxy groups -OCH3 is 2. The van der Waals surface area contributed by atoms with Gasteiger partial charge in [-0.2, -0.15) is 0 Å². The number of ether oxygens (including phenoxy) is 2. The van der Waals surface area contributed by atoms with Crippen LogP contribution in [0.15, 0.2) is 28.2 Å². The molecule has 0 saturated carbocycles. The topological polar surface area (TPSA) is 93.3 Å². The summed E-state index contributed by atoms with van der Waals surface area (Å²) in [6.07, 6.45) is 3.04. The molecule has 1 unspecified atom stereocenters. The Morgan fingerprint density at radius 2 is 2.20 bits per heavy atom. The lowest BCUT2D eigenvalue weighted by molar-refractivity contribution is -0.113. The van der Waals surface area contributed by atoms with Gasteiger partial charge in [0.05, 0.1) is 31.0 Å². The Balaban J connectivity index is 1.47. The maximum atomic E-state index is 12.7. The van der Waals surface area contributed by atoms with E-state index in [0.29, 0.717) is 28.3 Å². The van der Waals surface area contributed by atoms with Gasteiger partial charge in [0.1, 0.15) is 16.3 Å². The lowest BCUT2D eigenvalue weighted by atomic mass is 9.89. The van der Waals surface area contributed by atoms with Crippen LogP contribution in [0.5, 0.6) is 11.5 Å². The number of hydrogen-bond donors (Lipinski definition) is 2. The van der Waals surface area contributed by atoms with Crippen LogP contribution >= 0.6 is 23.1 Å². The average molecular weight is 446 g/mol. The van der Waals surface area contributed by atoms with E-state index >= 15 is 0 Å². The van der Waals surface area contributed by atoms with E-state index in [0.717, 1.165) is 35.0 Å². The zero-order chi connectivity index (χ0) is 21.3. The third-order valence-electron chi connectivity index (χ3n) is 5.17. The van der Waals surface area contributed by atoms with Crippen molar-refractivity contribution >= 4 is 44.9 Å². The number of nitrogens with zero attached hydrogens (tertiary/aromatic N) is 1. The summed E-state index contributed by atoms with van der Waals surface area (Å²) in [6, 6.07) is 5.18. The number of thioether (sulfide) groups is 1. The summed E-state index contributed by atoms with van der Waals surface area (Å²) >= 11 is 2.81. The number of rotatable bonds is 6. The van der Waals surface area contributed by atoms with Crippen molar-refractivity contribution in [3.63, 3.8) is 0 Å². The van der Waals surface area contributed by atoms with Crippen LogP contribution in [0.4, 0.5) is 5.69 Å². The normalized spacial score (nSPS) is 15.6. The van der Waals surface area contributed by atoms with Crippen LogP contribution in [0.25, 0.3) is 10.2 Å². The summed E-state index contributed by atoms with van der Waals surface area (Å²) in [7, 11) is 3.10. The van der Waals surface area contributed by atoms with Gasteiger partial charge in [-0.05, 0) is 42.9 Å². The highest BCUT2D eigenvalue weighted by Crippen LogP contribution is 2.36. The Morgan fingerprint density at radius 3 is 2.97 bits per heavy atom. The zero-order valence-electron chi connectivity index (χ0n) is 17.0. The van der Waals surface area contributed by atoms with Crippen LogP contribution < -0.4 is 20.3 Å². The Hall–Kier alpha value is -2.52. The van der Waals surface area contributed by atoms with E-state index in [1.165, 1.54) is 23.7 Å². The van der Waals surface area contributed by atoms with E-state index in [9.17, 15) is 9.59 Å². The fourth-order valence-electron chi connectivity index (χ4n) is 3.62. The number of amides is 1. The molecule has 7 nitrogen and oxygen atoms in total. The maximum Gasteiger partial charge on any atom is 0.260 e. The first-order valence-electron chi connectivity index (χ1n) is 9.67. The fourth-order valence-corrected chi connectivity index (χ4v) is 5.72. The van der Waals surface area contributed by atoms with Gasteiger partial charge in [-0.25, -0.2) is 4.98 Å². The first kappa shape index (κ1) is 20.7. The van der Waals surface area contributed by atoms with Crippen LogP contribution in [0.3, 0.4) is 0 Å². The smallest absolute Gasteiger partial charge is 0.260 e. The second-order valence-electron chi connectivity index (χ2n) is 7.31. The monoisotopic (exact) mass is 445 g/mol. The Morgan fingerprint density at radius 1 is 1.37 bits per heavy atom. The van der Waals surface area contributed by atoms with Crippen LogP contribution in [-0.2, 0) is 17.6 Å². The summed E-state index contributed by atoms with van der Waals surface area (Å²) in [5.74, 6) is 1.69. The van der Waals surface area contributed by atoms with Crippen molar-refractivity contribution in [3.8, 4) is 11.5 Å². The molecule has 0 radical (unpaired) electrons. The number of thiophene rings is 1. The second-order valence-corrected chi connectivity index (χ2v) is 9.35. The number of benzene rings is 1. The molecule has 2 N–H and O–H groups in total. The van der Waals surface area contributed by atoms with Gasteiger partial charge in [0.15, 0.2) is 5.16 Å². The predicted molar refractivity (Wildman–Crippen MR) is 120 cm³/mol. The summed E-state index contributed by atoms with van der Waals surface area (Å²) in [5, 5.41) is 4.00. The first-order valence-corrected chi connectivity index (χ1v) is 11.5. The van der Waals surface area contributed by atoms with Gasteiger partial charge in [-0.15, -0.1) is 11.3 Å². The van der Waals surface area contributed by atoms with Crippen molar-refractivity contribution < 1.29 is 14.3 Å². The molecule has 158 valence electrons. The highest BCUT2D eigenvalue weighted by molar-refractivity contribution is 7.99. The molecule has 1 atom stereocenters.